The van der Waals surface area contributed by atoms with Crippen molar-refractivity contribution in [2.75, 3.05) is 6.61 Å². The fraction of sp³-hybridized carbons (Fsp3) is 0.214. The van der Waals surface area contributed by atoms with Crippen molar-refractivity contribution in [2.45, 2.75) is 6.18 Å². The molecule has 3 rings (SSSR count). The Morgan fingerprint density at radius 2 is 2.00 bits per heavy atom. The maximum absolute atomic E-state index is 14.3. The second-order valence-corrected chi connectivity index (χ2v) is 5.48. The van der Waals surface area contributed by atoms with E-state index in [9.17, 15) is 17.6 Å². The number of hydrogen-bond donors (Lipinski definition) is 0. The van der Waals surface area contributed by atoms with Gasteiger partial charge >= 0.3 is 6.18 Å². The zero-order chi connectivity index (χ0) is 16.9. The van der Waals surface area contributed by atoms with Gasteiger partial charge in [0.05, 0.1) is 5.02 Å². The second-order valence-electron chi connectivity index (χ2n) is 4.88. The van der Waals surface area contributed by atoms with Crippen molar-refractivity contribution in [3.05, 3.63) is 39.8 Å². The molecule has 1 aromatic carbocycles. The zero-order valence-corrected chi connectivity index (χ0v) is 13.0. The number of aromatic nitrogens is 2. The lowest BCUT2D eigenvalue weighted by molar-refractivity contribution is -0.143. The summed E-state index contributed by atoms with van der Waals surface area (Å²) in [5, 5.41) is 3.04. The van der Waals surface area contributed by atoms with Crippen molar-refractivity contribution in [1.29, 1.82) is 0 Å². The van der Waals surface area contributed by atoms with Crippen molar-refractivity contribution >= 4 is 28.8 Å². The Hall–Kier alpha value is -1.73. The third kappa shape index (κ3) is 2.57. The van der Waals surface area contributed by atoms with Gasteiger partial charge in [-0.25, -0.2) is 4.39 Å². The molecule has 0 saturated carbocycles. The van der Waals surface area contributed by atoms with Crippen LogP contribution in [0.15, 0.2) is 17.7 Å². The number of halogens is 6. The van der Waals surface area contributed by atoms with Gasteiger partial charge in [0, 0.05) is 29.3 Å². The summed E-state index contributed by atoms with van der Waals surface area (Å²) in [7, 11) is 1.09. The van der Waals surface area contributed by atoms with E-state index in [2.05, 4.69) is 5.10 Å². The van der Waals surface area contributed by atoms with Crippen LogP contribution in [-0.2, 0) is 13.2 Å². The molecule has 0 atom stereocenters. The van der Waals surface area contributed by atoms with Gasteiger partial charge in [0.1, 0.15) is 23.9 Å². The summed E-state index contributed by atoms with van der Waals surface area (Å²) in [4.78, 5) is 0. The Morgan fingerprint density at radius 3 is 2.57 bits per heavy atom. The van der Waals surface area contributed by atoms with Crippen LogP contribution in [0.1, 0.15) is 11.3 Å². The van der Waals surface area contributed by atoms with Crippen LogP contribution in [0.4, 0.5) is 17.6 Å². The van der Waals surface area contributed by atoms with Gasteiger partial charge in [-0.15, -0.1) is 0 Å². The minimum Gasteiger partial charge on any atom is -0.488 e. The molecule has 0 N–H and O–H groups in total. The van der Waals surface area contributed by atoms with Gasteiger partial charge in [0.25, 0.3) is 0 Å². The van der Waals surface area contributed by atoms with Gasteiger partial charge in [-0.3, -0.25) is 4.68 Å². The predicted octanol–water partition coefficient (Wildman–Crippen LogP) is 4.87. The minimum absolute atomic E-state index is 0.158. The summed E-state index contributed by atoms with van der Waals surface area (Å²) in [6, 6.07) is 2.41. The van der Waals surface area contributed by atoms with Crippen molar-refractivity contribution in [3.63, 3.8) is 0 Å². The van der Waals surface area contributed by atoms with E-state index in [1.165, 1.54) is 11.6 Å². The summed E-state index contributed by atoms with van der Waals surface area (Å²) in [5.74, 6) is -0.456. The van der Waals surface area contributed by atoms with E-state index in [0.717, 1.165) is 13.1 Å². The van der Waals surface area contributed by atoms with Crippen LogP contribution < -0.4 is 4.74 Å². The van der Waals surface area contributed by atoms with Gasteiger partial charge in [-0.05, 0) is 12.1 Å². The fourth-order valence-electron chi connectivity index (χ4n) is 2.41. The maximum atomic E-state index is 14.3. The molecule has 9 heteroatoms. The number of benzene rings is 1. The molecule has 1 aromatic heterocycles. The molecule has 1 aliphatic heterocycles. The molecular formula is C14H8Cl2F4N2O. The molecule has 0 radical (unpaired) electrons. The third-order valence-electron chi connectivity index (χ3n) is 3.44. The summed E-state index contributed by atoms with van der Waals surface area (Å²) in [6.07, 6.45) is -4.70. The molecule has 0 bridgehead atoms. The molecule has 0 saturated heterocycles. The SMILES string of the molecule is Cn1nc(-c2cc3c(cc2F)/C(=C/Cl)CO3)c(Cl)c1C(F)(F)F. The summed E-state index contributed by atoms with van der Waals surface area (Å²) >= 11 is 11.4. The number of aryl methyl sites for hydroxylation is 1. The first-order valence-electron chi connectivity index (χ1n) is 6.30. The minimum atomic E-state index is -4.70. The lowest BCUT2D eigenvalue weighted by Gasteiger charge is -2.06. The Bertz CT molecular complexity index is 827. The average molecular weight is 367 g/mol. The normalized spacial score (nSPS) is 15.9. The highest BCUT2D eigenvalue weighted by Crippen LogP contribution is 2.43. The van der Waals surface area contributed by atoms with Crippen LogP contribution in [0.3, 0.4) is 0 Å². The van der Waals surface area contributed by atoms with Crippen LogP contribution in [0.25, 0.3) is 16.8 Å². The highest BCUT2D eigenvalue weighted by atomic mass is 35.5. The molecule has 2 heterocycles. The van der Waals surface area contributed by atoms with Crippen LogP contribution in [-0.4, -0.2) is 16.4 Å². The molecule has 122 valence electrons. The molecular weight excluding hydrogens is 359 g/mol. The highest BCUT2D eigenvalue weighted by molar-refractivity contribution is 6.33. The first kappa shape index (κ1) is 16.1. The molecule has 3 nitrogen and oxygen atoms in total. The Labute approximate surface area is 138 Å². The van der Waals surface area contributed by atoms with Crippen LogP contribution in [0, 0.1) is 5.82 Å². The van der Waals surface area contributed by atoms with Gasteiger partial charge in [-0.2, -0.15) is 18.3 Å². The average Bonchev–Trinajstić information content (AvgIpc) is 2.97. The molecule has 2 aromatic rings. The third-order valence-corrected chi connectivity index (χ3v) is 4.06. The molecule has 0 fully saturated rings. The first-order chi connectivity index (χ1) is 10.7. The molecule has 1 aliphatic rings. The number of nitrogens with zero attached hydrogens (tertiary/aromatic N) is 2. The fourth-order valence-corrected chi connectivity index (χ4v) is 2.96. The summed E-state index contributed by atoms with van der Waals surface area (Å²) < 4.78 is 59.2. The molecule has 23 heavy (non-hydrogen) atoms. The summed E-state index contributed by atoms with van der Waals surface area (Å²) in [6.45, 7) is 0.158. The van der Waals surface area contributed by atoms with Crippen molar-refractivity contribution < 1.29 is 22.3 Å². The maximum Gasteiger partial charge on any atom is 0.434 e. The summed E-state index contributed by atoms with van der Waals surface area (Å²) in [5.41, 5.74) is 0.681. The van der Waals surface area contributed by atoms with E-state index >= 15 is 0 Å². The molecule has 0 spiro atoms. The second kappa shape index (κ2) is 5.42. The van der Waals surface area contributed by atoms with Crippen LogP contribution >= 0.6 is 23.2 Å². The van der Waals surface area contributed by atoms with Crippen LogP contribution in [0.5, 0.6) is 5.75 Å². The quantitative estimate of drug-likeness (QED) is 0.673. The topological polar surface area (TPSA) is 27.1 Å². The Kier molecular flexibility index (Phi) is 3.80. The first-order valence-corrected chi connectivity index (χ1v) is 7.11. The van der Waals surface area contributed by atoms with Gasteiger partial charge in [-0.1, -0.05) is 23.2 Å². The van der Waals surface area contributed by atoms with E-state index in [4.69, 9.17) is 27.9 Å². The Balaban J connectivity index is 2.18. The number of ether oxygens (including phenoxy) is 1. The van der Waals surface area contributed by atoms with Gasteiger partial charge < -0.3 is 4.74 Å². The van der Waals surface area contributed by atoms with Crippen molar-refractivity contribution in [1.82, 2.24) is 9.78 Å². The number of hydrogen-bond acceptors (Lipinski definition) is 2. The predicted molar refractivity (Wildman–Crippen MR) is 77.9 cm³/mol. The lowest BCUT2D eigenvalue weighted by Crippen LogP contribution is -2.12. The van der Waals surface area contributed by atoms with Gasteiger partial charge in [0.2, 0.25) is 0 Å². The molecule has 0 aliphatic carbocycles. The highest BCUT2D eigenvalue weighted by Gasteiger charge is 2.39. The number of rotatable bonds is 1. The van der Waals surface area contributed by atoms with Crippen molar-refractivity contribution in [2.24, 2.45) is 7.05 Å². The largest absolute Gasteiger partial charge is 0.488 e. The van der Waals surface area contributed by atoms with Crippen LogP contribution in [0.2, 0.25) is 5.02 Å². The van der Waals surface area contributed by atoms with E-state index in [-0.39, 0.29) is 17.9 Å². The molecule has 0 unspecified atom stereocenters. The van der Waals surface area contributed by atoms with E-state index in [0.29, 0.717) is 21.6 Å². The number of fused-ring (bicyclic) bond motifs is 1. The standard InChI is InChI=1S/C14H8Cl2F4N2O/c1-22-13(14(18,19)20)11(16)12(21-22)8-3-10-7(2-9(8)17)6(4-15)5-23-10/h2-4H,5H2,1H3/b6-4+. The smallest absolute Gasteiger partial charge is 0.434 e. The van der Waals surface area contributed by atoms with Gasteiger partial charge in [0.15, 0.2) is 5.69 Å². The monoisotopic (exact) mass is 366 g/mol. The molecule has 0 amide bonds. The zero-order valence-electron chi connectivity index (χ0n) is 11.5. The van der Waals surface area contributed by atoms with E-state index < -0.39 is 22.7 Å². The Morgan fingerprint density at radius 1 is 1.30 bits per heavy atom. The lowest BCUT2D eigenvalue weighted by atomic mass is 10.0. The van der Waals surface area contributed by atoms with E-state index in [1.54, 1.807) is 0 Å². The number of alkyl halides is 3. The van der Waals surface area contributed by atoms with Crippen molar-refractivity contribution in [3.8, 4) is 17.0 Å². The van der Waals surface area contributed by atoms with E-state index in [1.807, 2.05) is 0 Å².